The number of thioether (sulfide) groups is 1. The second-order valence-electron chi connectivity index (χ2n) is 7.92. The van der Waals surface area contributed by atoms with Crippen molar-refractivity contribution in [2.75, 3.05) is 14.2 Å². The molecule has 2 heterocycles. The average molecular weight is 496 g/mol. The van der Waals surface area contributed by atoms with Crippen LogP contribution >= 0.6 is 11.8 Å². The maximum Gasteiger partial charge on any atom is 0.338 e. The number of benzene rings is 2. The van der Waals surface area contributed by atoms with Gasteiger partial charge in [0.25, 0.3) is 0 Å². The Kier molecular flexibility index (Phi) is 7.55. The fourth-order valence-corrected chi connectivity index (χ4v) is 5.07. The van der Waals surface area contributed by atoms with Crippen LogP contribution in [0.4, 0.5) is 4.39 Å². The molecule has 0 aromatic heterocycles. The van der Waals surface area contributed by atoms with E-state index in [1.54, 1.807) is 19.2 Å². The molecule has 1 N–H and O–H groups in total. The maximum absolute atomic E-state index is 13.2. The number of methoxy groups -OCH3 is 2. The number of esters is 1. The zero-order chi connectivity index (χ0) is 24.9. The summed E-state index contributed by atoms with van der Waals surface area (Å²) in [5.41, 5.74) is 3.34. The van der Waals surface area contributed by atoms with Gasteiger partial charge in [-0.15, -0.1) is 0 Å². The quantitative estimate of drug-likeness (QED) is 0.536. The third-order valence-electron chi connectivity index (χ3n) is 5.81. The number of para-hydroxylation sites is 1. The fraction of sp³-hybridized carbons (Fsp3) is 0.269. The molecule has 0 saturated carbocycles. The number of carbonyl (C=O) groups excluding carboxylic acids is 2. The summed E-state index contributed by atoms with van der Waals surface area (Å²) in [6.07, 6.45) is 0.621. The number of amidine groups is 1. The lowest BCUT2D eigenvalue weighted by molar-refractivity contribution is -0.136. The Morgan fingerprint density at radius 3 is 2.57 bits per heavy atom. The molecule has 0 saturated heterocycles. The van der Waals surface area contributed by atoms with E-state index in [9.17, 15) is 14.0 Å². The van der Waals surface area contributed by atoms with Crippen LogP contribution in [0, 0.1) is 5.82 Å². The van der Waals surface area contributed by atoms with E-state index in [1.807, 2.05) is 41.5 Å². The van der Waals surface area contributed by atoms with E-state index in [-0.39, 0.29) is 24.7 Å². The van der Waals surface area contributed by atoms with Gasteiger partial charge in [-0.3, -0.25) is 4.79 Å². The second-order valence-corrected chi connectivity index (χ2v) is 8.76. The Hall–Kier alpha value is -3.59. The maximum atomic E-state index is 13.2. The summed E-state index contributed by atoms with van der Waals surface area (Å²) in [5, 5.41) is 5.44. The molecule has 2 aliphatic rings. The number of nitrogens with one attached hydrogen (secondary N) is 1. The molecule has 9 heteroatoms. The normalized spacial score (nSPS) is 16.9. The number of allylic oxidation sites excluding steroid dienone is 1. The molecule has 2 aromatic carbocycles. The summed E-state index contributed by atoms with van der Waals surface area (Å²) >= 11 is 1.41. The fourth-order valence-electron chi connectivity index (χ4n) is 4.13. The van der Waals surface area contributed by atoms with E-state index >= 15 is 0 Å². The van der Waals surface area contributed by atoms with Crippen molar-refractivity contribution in [3.63, 3.8) is 0 Å². The van der Waals surface area contributed by atoms with Gasteiger partial charge in [-0.25, -0.2) is 14.2 Å². The molecule has 1 unspecified atom stereocenters. The van der Waals surface area contributed by atoms with Crippen LogP contribution in [0.1, 0.15) is 36.9 Å². The van der Waals surface area contributed by atoms with E-state index < -0.39 is 12.0 Å². The number of hydrogen-bond acceptors (Lipinski definition) is 7. The predicted octanol–water partition coefficient (Wildman–Crippen LogP) is 4.68. The number of carbonyl (C=O) groups is 2. The van der Waals surface area contributed by atoms with Gasteiger partial charge in [0.15, 0.2) is 5.17 Å². The van der Waals surface area contributed by atoms with Gasteiger partial charge in [-0.05, 0) is 35.6 Å². The lowest BCUT2D eigenvalue weighted by atomic mass is 9.92. The number of halogens is 1. The molecule has 0 bridgehead atoms. The highest BCUT2D eigenvalue weighted by atomic mass is 32.2. The molecule has 4 rings (SSSR count). The minimum Gasteiger partial charge on any atom is -0.496 e. The molecule has 0 spiro atoms. The molecule has 1 amide bonds. The minimum absolute atomic E-state index is 0.0781. The highest BCUT2D eigenvalue weighted by Crippen LogP contribution is 2.47. The first kappa shape index (κ1) is 24.5. The number of amides is 1. The molecule has 7 nitrogen and oxygen atoms in total. The molecular weight excluding hydrogens is 469 g/mol. The van der Waals surface area contributed by atoms with Crippen LogP contribution in [0.15, 0.2) is 75.9 Å². The van der Waals surface area contributed by atoms with Crippen molar-refractivity contribution < 1.29 is 23.5 Å². The molecule has 0 fully saturated rings. The smallest absolute Gasteiger partial charge is 0.338 e. The van der Waals surface area contributed by atoms with E-state index in [1.165, 1.54) is 31.0 Å². The van der Waals surface area contributed by atoms with Gasteiger partial charge in [-0.1, -0.05) is 49.0 Å². The van der Waals surface area contributed by atoms with Crippen LogP contribution in [0.2, 0.25) is 0 Å². The van der Waals surface area contributed by atoms with E-state index in [0.717, 1.165) is 11.1 Å². The van der Waals surface area contributed by atoms with Gasteiger partial charge >= 0.3 is 5.97 Å². The monoisotopic (exact) mass is 495 g/mol. The number of nitrogens with zero attached hydrogens (tertiary/aromatic N) is 2. The molecule has 2 aromatic rings. The van der Waals surface area contributed by atoms with Crippen molar-refractivity contribution in [2.45, 2.75) is 32.4 Å². The Balaban J connectivity index is 1.64. The van der Waals surface area contributed by atoms with E-state index in [0.29, 0.717) is 34.3 Å². The van der Waals surface area contributed by atoms with Crippen LogP contribution in [0.5, 0.6) is 5.75 Å². The summed E-state index contributed by atoms with van der Waals surface area (Å²) in [7, 11) is 2.93. The lowest BCUT2D eigenvalue weighted by Crippen LogP contribution is -2.38. The summed E-state index contributed by atoms with van der Waals surface area (Å²) in [5.74, 6) is -0.385. The third kappa shape index (κ3) is 5.09. The zero-order valence-electron chi connectivity index (χ0n) is 19.7. The Labute approximate surface area is 207 Å². The van der Waals surface area contributed by atoms with Crippen molar-refractivity contribution >= 4 is 28.8 Å². The summed E-state index contributed by atoms with van der Waals surface area (Å²) < 4.78 is 23.9. The van der Waals surface area contributed by atoms with Crippen LogP contribution < -0.4 is 10.1 Å². The topological polar surface area (TPSA) is 80.2 Å². The predicted molar refractivity (Wildman–Crippen MR) is 133 cm³/mol. The van der Waals surface area contributed by atoms with Gasteiger partial charge in [0.2, 0.25) is 5.91 Å². The van der Waals surface area contributed by atoms with Gasteiger partial charge < -0.3 is 19.7 Å². The van der Waals surface area contributed by atoms with Crippen LogP contribution in [0.25, 0.3) is 0 Å². The highest BCUT2D eigenvalue weighted by molar-refractivity contribution is 8.16. The first-order valence-corrected chi connectivity index (χ1v) is 12.0. The number of aliphatic imine (C=N–C) groups is 1. The molecular formula is C26H26FN3O4S. The lowest BCUT2D eigenvalue weighted by Gasteiger charge is -2.37. The SMILES string of the molecule is CCC1=C(C(=O)OC)C(c2ccccc2OC)N2C(CC(=O)NCc3ccc(F)cc3)=CSC2=N1. The van der Waals surface area contributed by atoms with E-state index in [4.69, 9.17) is 14.5 Å². The van der Waals surface area contributed by atoms with Crippen molar-refractivity contribution in [3.05, 3.63) is 87.9 Å². The molecule has 1 atom stereocenters. The average Bonchev–Trinajstić information content (AvgIpc) is 3.28. The van der Waals surface area contributed by atoms with Gasteiger partial charge in [-0.2, -0.15) is 0 Å². The van der Waals surface area contributed by atoms with Gasteiger partial charge in [0.05, 0.1) is 38.0 Å². The van der Waals surface area contributed by atoms with E-state index in [2.05, 4.69) is 5.32 Å². The molecule has 182 valence electrons. The van der Waals surface area contributed by atoms with Crippen molar-refractivity contribution in [1.29, 1.82) is 0 Å². The van der Waals surface area contributed by atoms with Crippen LogP contribution in [-0.4, -0.2) is 36.2 Å². The van der Waals surface area contributed by atoms with Crippen molar-refractivity contribution in [2.24, 2.45) is 4.99 Å². The summed E-state index contributed by atoms with van der Waals surface area (Å²) in [6, 6.07) is 12.9. The van der Waals surface area contributed by atoms with Gasteiger partial charge in [0, 0.05) is 17.8 Å². The number of ether oxygens (including phenoxy) is 2. The first-order chi connectivity index (χ1) is 17.0. The van der Waals surface area contributed by atoms with Crippen LogP contribution in [0.3, 0.4) is 0 Å². The number of fused-ring (bicyclic) bond motifs is 1. The molecule has 2 aliphatic heterocycles. The number of rotatable bonds is 8. The van der Waals surface area contributed by atoms with Gasteiger partial charge in [0.1, 0.15) is 11.6 Å². The Bertz CT molecular complexity index is 1220. The Morgan fingerprint density at radius 2 is 1.89 bits per heavy atom. The zero-order valence-corrected chi connectivity index (χ0v) is 20.5. The molecule has 0 aliphatic carbocycles. The Morgan fingerprint density at radius 1 is 1.14 bits per heavy atom. The highest BCUT2D eigenvalue weighted by Gasteiger charge is 2.42. The standard InChI is InChI=1S/C26H26FN3O4S/c1-4-20-23(25(32)34-3)24(19-7-5-6-8-21(19)33-2)30-18(15-35-26(30)29-20)13-22(31)28-14-16-9-11-17(27)12-10-16/h5-12,15,24H,4,13-14H2,1-3H3,(H,28,31). The van der Waals surface area contributed by atoms with Crippen molar-refractivity contribution in [1.82, 2.24) is 10.2 Å². The molecule has 35 heavy (non-hydrogen) atoms. The molecule has 0 radical (unpaired) electrons. The third-order valence-corrected chi connectivity index (χ3v) is 6.70. The minimum atomic E-state index is -0.563. The van der Waals surface area contributed by atoms with Crippen molar-refractivity contribution in [3.8, 4) is 5.75 Å². The largest absolute Gasteiger partial charge is 0.496 e. The first-order valence-electron chi connectivity index (χ1n) is 11.2. The van der Waals surface area contributed by atoms with Crippen LogP contribution in [-0.2, 0) is 20.9 Å². The number of hydrogen-bond donors (Lipinski definition) is 1. The summed E-state index contributed by atoms with van der Waals surface area (Å²) in [4.78, 5) is 32.4. The second kappa shape index (κ2) is 10.8. The summed E-state index contributed by atoms with van der Waals surface area (Å²) in [6.45, 7) is 2.22.